The Bertz CT molecular complexity index is 847. The lowest BCUT2D eigenvalue weighted by atomic mass is 10.2. The summed E-state index contributed by atoms with van der Waals surface area (Å²) in [5.41, 5.74) is 1.31. The largest absolute Gasteiger partial charge is 0.451 e. The molecule has 0 N–H and O–H groups in total. The van der Waals surface area contributed by atoms with Crippen LogP contribution in [0.4, 0.5) is 5.69 Å². The Morgan fingerprint density at radius 2 is 1.93 bits per heavy atom. The van der Waals surface area contributed by atoms with E-state index < -0.39 is 17.0 Å². The predicted molar refractivity (Wildman–Crippen MR) is 96.8 cm³/mol. The van der Waals surface area contributed by atoms with E-state index in [-0.39, 0.29) is 29.5 Å². The molecule has 0 saturated heterocycles. The highest BCUT2D eigenvalue weighted by Gasteiger charge is 2.25. The Labute approximate surface area is 156 Å². The van der Waals surface area contributed by atoms with Crippen LogP contribution in [-0.4, -0.2) is 44.6 Å². The number of aryl methyl sites for hydroxylation is 1. The molecular weight excluding hydrogens is 352 g/mol. The highest BCUT2D eigenvalue weighted by atomic mass is 16.6. The summed E-state index contributed by atoms with van der Waals surface area (Å²) in [7, 11) is 1.63. The first kappa shape index (κ1) is 20.1. The second kappa shape index (κ2) is 8.43. The molecule has 1 atom stereocenters. The Morgan fingerprint density at radius 1 is 1.30 bits per heavy atom. The normalized spacial score (nSPS) is 11.7. The first-order valence-electron chi connectivity index (χ1n) is 8.37. The van der Waals surface area contributed by atoms with Crippen LogP contribution in [0, 0.1) is 24.0 Å². The summed E-state index contributed by atoms with van der Waals surface area (Å²) in [4.78, 5) is 36.5. The van der Waals surface area contributed by atoms with Crippen LogP contribution in [0.3, 0.4) is 0 Å². The number of hydrogen-bond acceptors (Lipinski definition) is 6. The summed E-state index contributed by atoms with van der Waals surface area (Å²) < 4.78 is 6.39. The number of nitro groups is 1. The molecule has 1 aromatic heterocycles. The Morgan fingerprint density at radius 3 is 2.48 bits per heavy atom. The number of esters is 1. The Hall–Kier alpha value is -3.23. The van der Waals surface area contributed by atoms with Crippen LogP contribution in [0.2, 0.25) is 0 Å². The second-order valence-electron chi connectivity index (χ2n) is 6.25. The van der Waals surface area contributed by atoms with Crippen LogP contribution in [0.15, 0.2) is 30.3 Å². The molecule has 1 heterocycles. The van der Waals surface area contributed by atoms with Gasteiger partial charge < -0.3 is 9.64 Å². The van der Waals surface area contributed by atoms with Gasteiger partial charge in [0.15, 0.2) is 6.10 Å². The van der Waals surface area contributed by atoms with Crippen molar-refractivity contribution < 1.29 is 19.2 Å². The highest BCUT2D eigenvalue weighted by Crippen LogP contribution is 2.21. The average molecular weight is 374 g/mol. The third-order valence-corrected chi connectivity index (χ3v) is 4.10. The Kier molecular flexibility index (Phi) is 6.27. The molecule has 27 heavy (non-hydrogen) atoms. The molecule has 9 heteroatoms. The quantitative estimate of drug-likeness (QED) is 0.417. The van der Waals surface area contributed by atoms with E-state index in [9.17, 15) is 19.7 Å². The number of rotatable bonds is 7. The molecule has 0 bridgehead atoms. The van der Waals surface area contributed by atoms with Gasteiger partial charge in [0.25, 0.3) is 5.91 Å². The lowest BCUT2D eigenvalue weighted by Gasteiger charge is -2.21. The summed E-state index contributed by atoms with van der Waals surface area (Å²) >= 11 is 0. The molecule has 0 aliphatic rings. The number of ether oxygens (including phenoxy) is 1. The van der Waals surface area contributed by atoms with Crippen LogP contribution < -0.4 is 0 Å². The van der Waals surface area contributed by atoms with Crippen LogP contribution in [0.5, 0.6) is 0 Å². The minimum absolute atomic E-state index is 0.130. The fourth-order valence-corrected chi connectivity index (χ4v) is 2.76. The Balaban J connectivity index is 1.96. The third kappa shape index (κ3) is 4.90. The molecule has 0 aliphatic carbocycles. The lowest BCUT2D eigenvalue weighted by Crippen LogP contribution is -2.37. The molecule has 144 valence electrons. The number of hydrogen-bond donors (Lipinski definition) is 0. The number of carbonyl (C=O) groups is 2. The zero-order chi connectivity index (χ0) is 20.1. The first-order chi connectivity index (χ1) is 12.7. The van der Waals surface area contributed by atoms with Gasteiger partial charge in [-0.05, 0) is 26.3 Å². The van der Waals surface area contributed by atoms with Gasteiger partial charge in [-0.15, -0.1) is 0 Å². The molecule has 1 amide bonds. The molecule has 0 saturated carbocycles. The molecule has 1 aromatic carbocycles. The van der Waals surface area contributed by atoms with E-state index in [0.717, 1.165) is 5.56 Å². The van der Waals surface area contributed by atoms with E-state index in [0.29, 0.717) is 6.54 Å². The van der Waals surface area contributed by atoms with E-state index in [1.165, 1.54) is 30.4 Å². The molecule has 2 aromatic rings. The van der Waals surface area contributed by atoms with Crippen molar-refractivity contribution in [3.63, 3.8) is 0 Å². The van der Waals surface area contributed by atoms with Gasteiger partial charge in [0.05, 0.1) is 4.92 Å². The third-order valence-electron chi connectivity index (χ3n) is 4.10. The number of aromatic nitrogens is 2. The zero-order valence-corrected chi connectivity index (χ0v) is 15.7. The minimum Gasteiger partial charge on any atom is -0.451 e. The maximum atomic E-state index is 12.4. The van der Waals surface area contributed by atoms with E-state index in [2.05, 4.69) is 5.10 Å². The summed E-state index contributed by atoms with van der Waals surface area (Å²) in [5.74, 6) is -1.03. The zero-order valence-electron chi connectivity index (χ0n) is 15.7. The van der Waals surface area contributed by atoms with Crippen molar-refractivity contribution in [1.82, 2.24) is 14.7 Å². The number of benzene rings is 1. The summed E-state index contributed by atoms with van der Waals surface area (Å²) in [5, 5.41) is 15.0. The van der Waals surface area contributed by atoms with Gasteiger partial charge in [0.1, 0.15) is 17.9 Å². The van der Waals surface area contributed by atoms with Crippen molar-refractivity contribution in [2.75, 3.05) is 7.05 Å². The number of nitrogens with zero attached hydrogens (tertiary/aromatic N) is 4. The van der Waals surface area contributed by atoms with Gasteiger partial charge in [0.2, 0.25) is 0 Å². The van der Waals surface area contributed by atoms with Crippen LogP contribution in [0.1, 0.15) is 23.9 Å². The van der Waals surface area contributed by atoms with Crippen molar-refractivity contribution in [1.29, 1.82) is 0 Å². The van der Waals surface area contributed by atoms with Gasteiger partial charge >= 0.3 is 11.7 Å². The number of likely N-dealkylation sites (N-methyl/N-ethyl adjacent to an activating group) is 1. The van der Waals surface area contributed by atoms with E-state index in [1.54, 1.807) is 7.05 Å². The van der Waals surface area contributed by atoms with Crippen LogP contribution in [-0.2, 0) is 27.4 Å². The molecule has 2 rings (SSSR count). The second-order valence-corrected chi connectivity index (χ2v) is 6.25. The van der Waals surface area contributed by atoms with Gasteiger partial charge in [-0.2, -0.15) is 5.10 Å². The monoisotopic (exact) mass is 374 g/mol. The van der Waals surface area contributed by atoms with Crippen molar-refractivity contribution in [3.05, 3.63) is 57.4 Å². The molecule has 0 aliphatic heterocycles. The average Bonchev–Trinajstić information content (AvgIpc) is 2.88. The highest BCUT2D eigenvalue weighted by molar-refractivity contribution is 5.83. The van der Waals surface area contributed by atoms with E-state index in [4.69, 9.17) is 4.74 Å². The maximum absolute atomic E-state index is 12.4. The summed E-state index contributed by atoms with van der Waals surface area (Å²) in [6.45, 7) is 4.59. The molecule has 0 fully saturated rings. The minimum atomic E-state index is -0.974. The summed E-state index contributed by atoms with van der Waals surface area (Å²) in [6, 6.07) is 9.45. The smallest absolute Gasteiger partial charge is 0.328 e. The van der Waals surface area contributed by atoms with Crippen molar-refractivity contribution >= 4 is 17.6 Å². The first-order valence-corrected chi connectivity index (χ1v) is 8.37. The molecule has 0 spiro atoms. The maximum Gasteiger partial charge on any atom is 0.328 e. The van der Waals surface area contributed by atoms with E-state index >= 15 is 0 Å². The predicted octanol–water partition coefficient (Wildman–Crippen LogP) is 2.00. The van der Waals surface area contributed by atoms with E-state index in [1.807, 2.05) is 30.3 Å². The van der Waals surface area contributed by atoms with Crippen molar-refractivity contribution in [3.8, 4) is 0 Å². The van der Waals surface area contributed by atoms with Gasteiger partial charge in [-0.1, -0.05) is 30.3 Å². The van der Waals surface area contributed by atoms with Crippen molar-refractivity contribution in [2.24, 2.45) is 0 Å². The van der Waals surface area contributed by atoms with Gasteiger partial charge in [-0.25, -0.2) is 0 Å². The number of amides is 1. The standard InChI is InChI=1S/C18H22N4O5/c1-12-17(22(25)26)13(2)21(19-12)11-16(23)27-14(3)18(24)20(4)10-15-8-6-5-7-9-15/h5-9,14H,10-11H2,1-4H3. The van der Waals surface area contributed by atoms with Crippen LogP contribution in [0.25, 0.3) is 0 Å². The molecule has 0 radical (unpaired) electrons. The topological polar surface area (TPSA) is 108 Å². The summed E-state index contributed by atoms with van der Waals surface area (Å²) in [6.07, 6.45) is -0.974. The van der Waals surface area contributed by atoms with Gasteiger partial charge in [0, 0.05) is 13.6 Å². The van der Waals surface area contributed by atoms with Crippen LogP contribution >= 0.6 is 0 Å². The van der Waals surface area contributed by atoms with Gasteiger partial charge in [-0.3, -0.25) is 24.4 Å². The fraction of sp³-hybridized carbons (Fsp3) is 0.389. The SMILES string of the molecule is Cc1nn(CC(=O)OC(C)C(=O)N(C)Cc2ccccc2)c(C)c1[N+](=O)[O-]. The van der Waals surface area contributed by atoms with Crippen molar-refractivity contribution in [2.45, 2.75) is 40.0 Å². The number of carbonyl (C=O) groups excluding carboxylic acids is 2. The molecular formula is C18H22N4O5. The fourth-order valence-electron chi connectivity index (χ4n) is 2.76. The molecule has 1 unspecified atom stereocenters. The molecule has 9 nitrogen and oxygen atoms in total. The lowest BCUT2D eigenvalue weighted by molar-refractivity contribution is -0.386.